The van der Waals surface area contributed by atoms with Crippen LogP contribution in [-0.4, -0.2) is 31.8 Å². The molecule has 1 aromatic carbocycles. The lowest BCUT2D eigenvalue weighted by Crippen LogP contribution is -2.30. The Morgan fingerprint density at radius 1 is 1.40 bits per heavy atom. The first-order chi connectivity index (χ1) is 9.72. The fraction of sp³-hybridized carbons (Fsp3) is 0.625. The Bertz CT molecular complexity index is 462. The molecule has 1 saturated heterocycles. The summed E-state index contributed by atoms with van der Waals surface area (Å²) < 4.78 is 19.9. The molecule has 1 aromatic rings. The largest absolute Gasteiger partial charge is 0.377 e. The third-order valence-electron chi connectivity index (χ3n) is 3.98. The molecule has 3 rings (SSSR count). The van der Waals surface area contributed by atoms with Gasteiger partial charge in [0, 0.05) is 32.3 Å². The average molecular weight is 278 g/mol. The predicted molar refractivity (Wildman–Crippen MR) is 78.5 cm³/mol. The van der Waals surface area contributed by atoms with Gasteiger partial charge in [0.2, 0.25) is 0 Å². The van der Waals surface area contributed by atoms with E-state index < -0.39 is 0 Å². The molecule has 20 heavy (non-hydrogen) atoms. The summed E-state index contributed by atoms with van der Waals surface area (Å²) >= 11 is 0. The monoisotopic (exact) mass is 278 g/mol. The molecule has 4 heteroatoms. The highest BCUT2D eigenvalue weighted by atomic mass is 19.1. The van der Waals surface area contributed by atoms with E-state index in [0.29, 0.717) is 11.7 Å². The molecule has 3 nitrogen and oxygen atoms in total. The van der Waals surface area contributed by atoms with Crippen molar-refractivity contribution in [3.05, 3.63) is 29.6 Å². The summed E-state index contributed by atoms with van der Waals surface area (Å²) in [5.41, 5.74) is 1.73. The first-order valence-electron chi connectivity index (χ1n) is 7.61. The lowest BCUT2D eigenvalue weighted by Gasteiger charge is -2.25. The van der Waals surface area contributed by atoms with Crippen LogP contribution in [0.2, 0.25) is 0 Å². The van der Waals surface area contributed by atoms with Gasteiger partial charge in [0.25, 0.3) is 0 Å². The molecular formula is C16H23FN2O. The van der Waals surface area contributed by atoms with Crippen molar-refractivity contribution in [3.63, 3.8) is 0 Å². The Hall–Kier alpha value is -1.13. The van der Waals surface area contributed by atoms with E-state index in [1.54, 1.807) is 6.07 Å². The Morgan fingerprint density at radius 3 is 3.00 bits per heavy atom. The third kappa shape index (κ3) is 3.49. The molecule has 0 spiro atoms. The number of nitrogens with one attached hydrogen (secondary N) is 1. The summed E-state index contributed by atoms with van der Waals surface area (Å²) in [4.78, 5) is 2.10. The van der Waals surface area contributed by atoms with Crippen molar-refractivity contribution in [2.75, 3.05) is 24.6 Å². The lowest BCUT2D eigenvalue weighted by molar-refractivity contribution is 0.0820. The van der Waals surface area contributed by atoms with Crippen LogP contribution in [0.4, 0.5) is 10.1 Å². The lowest BCUT2D eigenvalue weighted by atomic mass is 10.1. The van der Waals surface area contributed by atoms with Crippen LogP contribution in [0.5, 0.6) is 0 Å². The first-order valence-corrected chi connectivity index (χ1v) is 7.61. The highest BCUT2D eigenvalue weighted by Crippen LogP contribution is 2.24. The van der Waals surface area contributed by atoms with Gasteiger partial charge in [0.05, 0.1) is 11.8 Å². The SMILES string of the molecule is CC1CN(c2ccc(CNC3CC3)cc2F)CCCO1. The molecule has 2 fully saturated rings. The number of rotatable bonds is 4. The highest BCUT2D eigenvalue weighted by Gasteiger charge is 2.21. The Balaban J connectivity index is 1.68. The number of anilines is 1. The van der Waals surface area contributed by atoms with Crippen LogP contribution in [-0.2, 0) is 11.3 Å². The quantitative estimate of drug-likeness (QED) is 0.916. The van der Waals surface area contributed by atoms with E-state index in [9.17, 15) is 4.39 Å². The summed E-state index contributed by atoms with van der Waals surface area (Å²) in [6.07, 6.45) is 3.63. The molecule has 1 heterocycles. The van der Waals surface area contributed by atoms with Crippen LogP contribution >= 0.6 is 0 Å². The summed E-state index contributed by atoms with van der Waals surface area (Å²) in [7, 11) is 0. The second kappa shape index (κ2) is 6.10. The Kier molecular flexibility index (Phi) is 4.22. The van der Waals surface area contributed by atoms with Gasteiger partial charge < -0.3 is 15.0 Å². The summed E-state index contributed by atoms with van der Waals surface area (Å²) in [6.45, 7) is 5.20. The fourth-order valence-electron chi connectivity index (χ4n) is 2.68. The zero-order valence-corrected chi connectivity index (χ0v) is 12.1. The van der Waals surface area contributed by atoms with Crippen LogP contribution in [0.3, 0.4) is 0 Å². The van der Waals surface area contributed by atoms with Crippen LogP contribution in [0.1, 0.15) is 31.7 Å². The summed E-state index contributed by atoms with van der Waals surface area (Å²) in [5.74, 6) is -0.116. The van der Waals surface area contributed by atoms with E-state index in [2.05, 4.69) is 10.2 Å². The highest BCUT2D eigenvalue weighted by molar-refractivity contribution is 5.49. The van der Waals surface area contributed by atoms with Crippen LogP contribution in [0.25, 0.3) is 0 Å². The number of nitrogens with zero attached hydrogens (tertiary/aromatic N) is 1. The van der Waals surface area contributed by atoms with E-state index in [1.807, 2.05) is 19.1 Å². The molecule has 1 saturated carbocycles. The molecule has 1 aliphatic heterocycles. The molecule has 1 unspecified atom stereocenters. The fourth-order valence-corrected chi connectivity index (χ4v) is 2.68. The molecule has 1 aliphatic carbocycles. The molecule has 0 aromatic heterocycles. The summed E-state index contributed by atoms with van der Waals surface area (Å²) in [5, 5.41) is 3.42. The van der Waals surface area contributed by atoms with Crippen LogP contribution in [0, 0.1) is 5.82 Å². The van der Waals surface area contributed by atoms with Gasteiger partial charge >= 0.3 is 0 Å². The smallest absolute Gasteiger partial charge is 0.146 e. The predicted octanol–water partition coefficient (Wildman–Crippen LogP) is 2.69. The van der Waals surface area contributed by atoms with Crippen molar-refractivity contribution in [1.29, 1.82) is 0 Å². The minimum absolute atomic E-state index is 0.116. The van der Waals surface area contributed by atoms with E-state index >= 15 is 0 Å². The van der Waals surface area contributed by atoms with Crippen LogP contribution in [0.15, 0.2) is 18.2 Å². The molecule has 1 atom stereocenters. The van der Waals surface area contributed by atoms with Crippen molar-refractivity contribution in [2.45, 2.75) is 44.9 Å². The van der Waals surface area contributed by atoms with Gasteiger partial charge in [-0.2, -0.15) is 0 Å². The zero-order chi connectivity index (χ0) is 13.9. The van der Waals surface area contributed by atoms with Crippen molar-refractivity contribution < 1.29 is 9.13 Å². The van der Waals surface area contributed by atoms with Gasteiger partial charge in [-0.1, -0.05) is 6.07 Å². The van der Waals surface area contributed by atoms with Gasteiger partial charge in [-0.15, -0.1) is 0 Å². The van der Waals surface area contributed by atoms with Crippen molar-refractivity contribution >= 4 is 5.69 Å². The molecular weight excluding hydrogens is 255 g/mol. The molecule has 0 radical (unpaired) electrons. The number of ether oxygens (including phenoxy) is 1. The number of hydrogen-bond donors (Lipinski definition) is 1. The average Bonchev–Trinajstić information content (AvgIpc) is 3.24. The van der Waals surface area contributed by atoms with Crippen molar-refractivity contribution in [1.82, 2.24) is 5.32 Å². The minimum Gasteiger partial charge on any atom is -0.377 e. The van der Waals surface area contributed by atoms with E-state index in [4.69, 9.17) is 4.74 Å². The van der Waals surface area contributed by atoms with E-state index in [0.717, 1.165) is 38.2 Å². The second-order valence-electron chi connectivity index (χ2n) is 5.92. The van der Waals surface area contributed by atoms with Gasteiger partial charge in [-0.05, 0) is 43.9 Å². The van der Waals surface area contributed by atoms with E-state index in [-0.39, 0.29) is 11.9 Å². The van der Waals surface area contributed by atoms with Gasteiger partial charge in [0.1, 0.15) is 5.82 Å². The number of benzene rings is 1. The number of hydrogen-bond acceptors (Lipinski definition) is 3. The standard InChI is InChI=1S/C16H23FN2O/c1-12-11-19(7-2-8-20-12)16-6-3-13(9-15(16)17)10-18-14-4-5-14/h3,6,9,12,14,18H,2,4-5,7-8,10-11H2,1H3. The Morgan fingerprint density at radius 2 is 2.25 bits per heavy atom. The zero-order valence-electron chi connectivity index (χ0n) is 12.1. The van der Waals surface area contributed by atoms with Crippen LogP contribution < -0.4 is 10.2 Å². The maximum atomic E-state index is 14.3. The maximum absolute atomic E-state index is 14.3. The van der Waals surface area contributed by atoms with E-state index in [1.165, 1.54) is 12.8 Å². The maximum Gasteiger partial charge on any atom is 0.146 e. The summed E-state index contributed by atoms with van der Waals surface area (Å²) in [6, 6.07) is 6.27. The first kappa shape index (κ1) is 13.8. The second-order valence-corrected chi connectivity index (χ2v) is 5.92. The molecule has 1 N–H and O–H groups in total. The van der Waals surface area contributed by atoms with Gasteiger partial charge in [-0.25, -0.2) is 4.39 Å². The van der Waals surface area contributed by atoms with Crippen molar-refractivity contribution in [2.24, 2.45) is 0 Å². The number of halogens is 1. The van der Waals surface area contributed by atoms with Gasteiger partial charge in [0.15, 0.2) is 0 Å². The van der Waals surface area contributed by atoms with Gasteiger partial charge in [-0.3, -0.25) is 0 Å². The third-order valence-corrected chi connectivity index (χ3v) is 3.98. The molecule has 110 valence electrons. The molecule has 0 amide bonds. The topological polar surface area (TPSA) is 24.5 Å². The van der Waals surface area contributed by atoms with Crippen molar-refractivity contribution in [3.8, 4) is 0 Å². The molecule has 2 aliphatic rings. The minimum atomic E-state index is -0.116. The normalized spacial score (nSPS) is 23.7. The molecule has 0 bridgehead atoms. The Labute approximate surface area is 120 Å².